The van der Waals surface area contributed by atoms with Crippen LogP contribution in [0.1, 0.15) is 13.8 Å². The van der Waals surface area contributed by atoms with E-state index in [0.29, 0.717) is 23.6 Å². The summed E-state index contributed by atoms with van der Waals surface area (Å²) in [5.74, 6) is -5.09. The molecule has 12 heteroatoms. The maximum atomic E-state index is 13.6. The first-order valence-corrected chi connectivity index (χ1v) is 10.9. The summed E-state index contributed by atoms with van der Waals surface area (Å²) >= 11 is 2.71. The number of thiophene rings is 1. The van der Waals surface area contributed by atoms with Crippen LogP contribution in [0.4, 0.5) is 18.9 Å². The molecule has 0 aliphatic heterocycles. The highest BCUT2D eigenvalue weighted by Crippen LogP contribution is 2.29. The molecule has 3 rings (SSSR count). The standard InChI is InChI=1S/C19H18F3N5O2S2/c1-3-27-17(13-5-4-8-30-13)25-26-19(27)31-10(2)18(29)23-9-14(28)24-12-7-6-11(20)15(21)16(12)22/h4-8,10H,3,9H2,1-2H3,(H,23,29)(H,24,28)/t10-/m0/s1. The molecule has 0 spiro atoms. The monoisotopic (exact) mass is 469 g/mol. The molecule has 31 heavy (non-hydrogen) atoms. The molecule has 164 valence electrons. The lowest BCUT2D eigenvalue weighted by atomic mass is 10.2. The molecule has 1 atom stereocenters. The van der Waals surface area contributed by atoms with Crippen LogP contribution in [0.3, 0.4) is 0 Å². The van der Waals surface area contributed by atoms with E-state index in [2.05, 4.69) is 20.8 Å². The van der Waals surface area contributed by atoms with Gasteiger partial charge < -0.3 is 15.2 Å². The van der Waals surface area contributed by atoms with Gasteiger partial charge in [-0.25, -0.2) is 13.2 Å². The Morgan fingerprint density at radius 1 is 1.19 bits per heavy atom. The van der Waals surface area contributed by atoms with E-state index in [9.17, 15) is 22.8 Å². The van der Waals surface area contributed by atoms with Gasteiger partial charge in [-0.15, -0.1) is 21.5 Å². The number of amides is 2. The molecule has 2 aromatic heterocycles. The van der Waals surface area contributed by atoms with Crippen molar-refractivity contribution in [3.63, 3.8) is 0 Å². The molecule has 1 aromatic carbocycles. The van der Waals surface area contributed by atoms with E-state index in [4.69, 9.17) is 0 Å². The van der Waals surface area contributed by atoms with Crippen LogP contribution in [-0.4, -0.2) is 38.4 Å². The smallest absolute Gasteiger partial charge is 0.243 e. The molecule has 3 aromatic rings. The van der Waals surface area contributed by atoms with Gasteiger partial charge in [-0.3, -0.25) is 9.59 Å². The highest BCUT2D eigenvalue weighted by molar-refractivity contribution is 8.00. The van der Waals surface area contributed by atoms with Crippen molar-refractivity contribution in [2.75, 3.05) is 11.9 Å². The van der Waals surface area contributed by atoms with Crippen LogP contribution < -0.4 is 10.6 Å². The molecule has 0 aliphatic rings. The molecular formula is C19H18F3N5O2S2. The second-order valence-corrected chi connectivity index (χ2v) is 8.53. The molecule has 0 fully saturated rings. The van der Waals surface area contributed by atoms with Gasteiger partial charge in [-0.1, -0.05) is 17.8 Å². The lowest BCUT2D eigenvalue weighted by Crippen LogP contribution is -2.37. The first-order chi connectivity index (χ1) is 14.8. The molecular weight excluding hydrogens is 451 g/mol. The Bertz CT molecular complexity index is 1090. The zero-order valence-electron chi connectivity index (χ0n) is 16.5. The number of anilines is 1. The van der Waals surface area contributed by atoms with Crippen molar-refractivity contribution < 1.29 is 22.8 Å². The highest BCUT2D eigenvalue weighted by Gasteiger charge is 2.21. The Hall–Kier alpha value is -2.86. The number of hydrogen-bond acceptors (Lipinski definition) is 6. The topological polar surface area (TPSA) is 88.9 Å². The van der Waals surface area contributed by atoms with Gasteiger partial charge in [-0.2, -0.15) is 0 Å². The molecule has 0 saturated carbocycles. The second-order valence-electron chi connectivity index (χ2n) is 6.28. The summed E-state index contributed by atoms with van der Waals surface area (Å²) in [4.78, 5) is 25.3. The van der Waals surface area contributed by atoms with Crippen LogP contribution in [0.15, 0.2) is 34.8 Å². The average molecular weight is 470 g/mol. The third-order valence-corrected chi connectivity index (χ3v) is 6.10. The Labute approximate surface area is 184 Å². The van der Waals surface area contributed by atoms with Gasteiger partial charge in [0.15, 0.2) is 28.4 Å². The van der Waals surface area contributed by atoms with Gasteiger partial charge in [0.25, 0.3) is 0 Å². The number of hydrogen-bond donors (Lipinski definition) is 2. The van der Waals surface area contributed by atoms with E-state index < -0.39 is 46.7 Å². The van der Waals surface area contributed by atoms with Crippen molar-refractivity contribution in [1.82, 2.24) is 20.1 Å². The minimum Gasteiger partial charge on any atom is -0.346 e. The molecule has 2 N–H and O–H groups in total. The minimum absolute atomic E-state index is 0.450. The summed E-state index contributed by atoms with van der Waals surface area (Å²) < 4.78 is 41.7. The number of nitrogens with zero attached hydrogens (tertiary/aromatic N) is 3. The maximum absolute atomic E-state index is 13.6. The minimum atomic E-state index is -1.69. The van der Waals surface area contributed by atoms with Crippen LogP contribution in [-0.2, 0) is 16.1 Å². The Morgan fingerprint density at radius 3 is 2.65 bits per heavy atom. The number of halogens is 3. The SMILES string of the molecule is CCn1c(S[C@@H](C)C(=O)NCC(=O)Nc2ccc(F)c(F)c2F)nnc1-c1cccs1. The van der Waals surface area contributed by atoms with Crippen molar-refractivity contribution >= 4 is 40.6 Å². The fraction of sp³-hybridized carbons (Fsp3) is 0.263. The van der Waals surface area contributed by atoms with Crippen LogP contribution in [0.25, 0.3) is 10.7 Å². The van der Waals surface area contributed by atoms with Gasteiger partial charge in [0.05, 0.1) is 22.4 Å². The van der Waals surface area contributed by atoms with Crippen LogP contribution in [0, 0.1) is 17.5 Å². The molecule has 7 nitrogen and oxygen atoms in total. The predicted octanol–water partition coefficient (Wildman–Crippen LogP) is 3.68. The van der Waals surface area contributed by atoms with E-state index >= 15 is 0 Å². The third kappa shape index (κ3) is 5.25. The number of benzene rings is 1. The molecule has 2 amide bonds. The first-order valence-electron chi connectivity index (χ1n) is 9.16. The molecule has 0 bridgehead atoms. The first kappa shape index (κ1) is 22.8. The summed E-state index contributed by atoms with van der Waals surface area (Å²) in [6, 6.07) is 5.43. The van der Waals surface area contributed by atoms with Crippen molar-refractivity contribution in [2.45, 2.75) is 30.8 Å². The fourth-order valence-electron chi connectivity index (χ4n) is 2.59. The summed E-state index contributed by atoms with van der Waals surface area (Å²) in [6.07, 6.45) is 0. The summed E-state index contributed by atoms with van der Waals surface area (Å²) in [5.41, 5.74) is -0.516. The maximum Gasteiger partial charge on any atom is 0.243 e. The van der Waals surface area contributed by atoms with E-state index in [1.807, 2.05) is 29.0 Å². The Morgan fingerprint density at radius 2 is 1.97 bits per heavy atom. The van der Waals surface area contributed by atoms with Gasteiger partial charge in [0, 0.05) is 6.54 Å². The largest absolute Gasteiger partial charge is 0.346 e. The Kier molecular flexibility index (Phi) is 7.33. The molecule has 0 radical (unpaired) electrons. The number of carbonyl (C=O) groups is 2. The lowest BCUT2D eigenvalue weighted by Gasteiger charge is -2.13. The van der Waals surface area contributed by atoms with E-state index in [-0.39, 0.29) is 0 Å². The van der Waals surface area contributed by atoms with Crippen LogP contribution in [0.2, 0.25) is 0 Å². The number of carbonyl (C=O) groups excluding carboxylic acids is 2. The zero-order valence-corrected chi connectivity index (χ0v) is 18.1. The lowest BCUT2D eigenvalue weighted by molar-refractivity contribution is -0.123. The highest BCUT2D eigenvalue weighted by atomic mass is 32.2. The van der Waals surface area contributed by atoms with Crippen LogP contribution in [0.5, 0.6) is 0 Å². The van der Waals surface area contributed by atoms with Crippen molar-refractivity contribution in [3.05, 3.63) is 47.1 Å². The third-order valence-electron chi connectivity index (χ3n) is 4.16. The summed E-state index contributed by atoms with van der Waals surface area (Å²) in [7, 11) is 0. The Balaban J connectivity index is 1.57. The van der Waals surface area contributed by atoms with Gasteiger partial charge in [-0.05, 0) is 37.4 Å². The number of thioether (sulfide) groups is 1. The van der Waals surface area contributed by atoms with Crippen molar-refractivity contribution in [2.24, 2.45) is 0 Å². The molecule has 0 aliphatic carbocycles. The van der Waals surface area contributed by atoms with Gasteiger partial charge >= 0.3 is 0 Å². The number of aromatic nitrogens is 3. The van der Waals surface area contributed by atoms with Gasteiger partial charge in [0.1, 0.15) is 0 Å². The average Bonchev–Trinajstić information content (AvgIpc) is 3.41. The second kappa shape index (κ2) is 9.96. The quantitative estimate of drug-likeness (QED) is 0.388. The zero-order chi connectivity index (χ0) is 22.5. The summed E-state index contributed by atoms with van der Waals surface area (Å²) in [6.45, 7) is 3.73. The predicted molar refractivity (Wildman–Crippen MR) is 112 cm³/mol. The van der Waals surface area contributed by atoms with Gasteiger partial charge in [0.2, 0.25) is 11.8 Å². The number of nitrogens with one attached hydrogen (secondary N) is 2. The van der Waals surface area contributed by atoms with Crippen molar-refractivity contribution in [1.29, 1.82) is 0 Å². The molecule has 0 unspecified atom stereocenters. The fourth-order valence-corrected chi connectivity index (χ4v) is 4.24. The van der Waals surface area contributed by atoms with Crippen LogP contribution >= 0.6 is 23.1 Å². The van der Waals surface area contributed by atoms with E-state index in [1.54, 1.807) is 6.92 Å². The summed E-state index contributed by atoms with van der Waals surface area (Å²) in [5, 5.41) is 14.8. The molecule has 0 saturated heterocycles. The van der Waals surface area contributed by atoms with Crippen molar-refractivity contribution in [3.8, 4) is 10.7 Å². The normalized spacial score (nSPS) is 11.9. The van der Waals surface area contributed by atoms with E-state index in [0.717, 1.165) is 10.9 Å². The molecule has 2 heterocycles. The van der Waals surface area contributed by atoms with E-state index in [1.165, 1.54) is 23.1 Å². The number of rotatable bonds is 8.